The topological polar surface area (TPSA) is 112 Å². The smallest absolute Gasteiger partial charge is 0.256 e. The maximum Gasteiger partial charge on any atom is 0.256 e. The number of nitrogens with zero attached hydrogens (tertiary/aromatic N) is 7. The number of amides is 1. The third-order valence-corrected chi connectivity index (χ3v) is 5.36. The second-order valence-electron chi connectivity index (χ2n) is 7.38. The molecule has 1 aliphatic rings. The summed E-state index contributed by atoms with van der Waals surface area (Å²) in [7, 11) is 0. The number of pyridine rings is 1. The molecule has 1 unspecified atom stereocenters. The van der Waals surface area contributed by atoms with Crippen molar-refractivity contribution in [3.63, 3.8) is 0 Å². The lowest BCUT2D eigenvalue weighted by Crippen LogP contribution is -2.31. The summed E-state index contributed by atoms with van der Waals surface area (Å²) in [6, 6.07) is 7.06. The summed E-state index contributed by atoms with van der Waals surface area (Å²) in [6.07, 6.45) is 5.99. The molecule has 1 aromatic carbocycles. The van der Waals surface area contributed by atoms with Crippen LogP contribution in [0.15, 0.2) is 53.4 Å². The van der Waals surface area contributed by atoms with E-state index in [0.717, 1.165) is 6.42 Å². The molecule has 4 aromatic rings. The van der Waals surface area contributed by atoms with Crippen LogP contribution in [-0.2, 0) is 0 Å². The molecular formula is C22H20FN7O3. The highest BCUT2D eigenvalue weighted by molar-refractivity contribution is 5.98. The van der Waals surface area contributed by atoms with Crippen molar-refractivity contribution in [3.8, 4) is 23.0 Å². The van der Waals surface area contributed by atoms with Crippen molar-refractivity contribution >= 4 is 5.91 Å². The van der Waals surface area contributed by atoms with Crippen LogP contribution in [0.2, 0.25) is 0 Å². The van der Waals surface area contributed by atoms with Gasteiger partial charge in [-0.25, -0.2) is 9.37 Å². The van der Waals surface area contributed by atoms with Gasteiger partial charge in [0.1, 0.15) is 11.9 Å². The van der Waals surface area contributed by atoms with Crippen LogP contribution < -0.4 is 4.74 Å². The van der Waals surface area contributed by atoms with Crippen molar-refractivity contribution < 1.29 is 18.4 Å². The minimum Gasteiger partial charge on any atom is -0.477 e. The summed E-state index contributed by atoms with van der Waals surface area (Å²) in [5.41, 5.74) is 1.14. The van der Waals surface area contributed by atoms with Crippen molar-refractivity contribution in [1.82, 2.24) is 35.0 Å². The van der Waals surface area contributed by atoms with Crippen molar-refractivity contribution in [1.29, 1.82) is 0 Å². The highest BCUT2D eigenvalue weighted by Crippen LogP contribution is 2.35. The summed E-state index contributed by atoms with van der Waals surface area (Å²) in [5.74, 6) is 0.152. The fourth-order valence-corrected chi connectivity index (χ4v) is 3.91. The first-order valence-corrected chi connectivity index (χ1v) is 10.5. The zero-order valence-electron chi connectivity index (χ0n) is 17.8. The molecule has 1 fully saturated rings. The van der Waals surface area contributed by atoms with Gasteiger partial charge in [0.25, 0.3) is 5.91 Å². The lowest BCUT2D eigenvalue weighted by molar-refractivity contribution is 0.0709. The van der Waals surface area contributed by atoms with E-state index in [1.165, 1.54) is 35.4 Å². The molecule has 0 N–H and O–H groups in total. The number of halogens is 1. The number of carbonyl (C=O) groups excluding carboxylic acids is 1. The second kappa shape index (κ2) is 8.77. The first kappa shape index (κ1) is 20.7. The van der Waals surface area contributed by atoms with Gasteiger partial charge in [-0.2, -0.15) is 20.0 Å². The zero-order chi connectivity index (χ0) is 22.8. The molecule has 0 radical (unpaired) electrons. The fourth-order valence-electron chi connectivity index (χ4n) is 3.91. The van der Waals surface area contributed by atoms with E-state index in [4.69, 9.17) is 9.26 Å². The van der Waals surface area contributed by atoms with Gasteiger partial charge < -0.3 is 14.2 Å². The van der Waals surface area contributed by atoms with E-state index in [1.54, 1.807) is 23.2 Å². The van der Waals surface area contributed by atoms with Crippen LogP contribution in [0.4, 0.5) is 4.39 Å². The lowest BCUT2D eigenvalue weighted by atomic mass is 10.1. The highest BCUT2D eigenvalue weighted by Gasteiger charge is 2.36. The first-order valence-electron chi connectivity index (χ1n) is 10.5. The molecular weight excluding hydrogens is 429 g/mol. The van der Waals surface area contributed by atoms with Gasteiger partial charge in [0.05, 0.1) is 35.8 Å². The molecule has 11 heteroatoms. The van der Waals surface area contributed by atoms with Gasteiger partial charge >= 0.3 is 0 Å². The number of aromatic nitrogens is 6. The van der Waals surface area contributed by atoms with E-state index in [2.05, 4.69) is 25.3 Å². The quantitative estimate of drug-likeness (QED) is 0.441. The molecule has 1 saturated heterocycles. The number of hydrogen-bond acceptors (Lipinski definition) is 8. The van der Waals surface area contributed by atoms with Gasteiger partial charge in [0.15, 0.2) is 0 Å². The van der Waals surface area contributed by atoms with Crippen molar-refractivity contribution in [2.75, 3.05) is 13.2 Å². The zero-order valence-corrected chi connectivity index (χ0v) is 17.8. The van der Waals surface area contributed by atoms with Crippen LogP contribution in [-0.4, -0.2) is 54.1 Å². The van der Waals surface area contributed by atoms with Crippen molar-refractivity contribution in [3.05, 3.63) is 66.2 Å². The fraction of sp³-hybridized carbons (Fsp3) is 0.273. The maximum absolute atomic E-state index is 14.1. The Morgan fingerprint density at radius 2 is 2.09 bits per heavy atom. The minimum absolute atomic E-state index is 0.156. The van der Waals surface area contributed by atoms with Gasteiger partial charge in [-0.15, -0.1) is 0 Å². The Labute approximate surface area is 188 Å². The van der Waals surface area contributed by atoms with E-state index < -0.39 is 11.9 Å². The molecule has 0 saturated carbocycles. The van der Waals surface area contributed by atoms with Crippen LogP contribution in [0.25, 0.3) is 17.1 Å². The standard InChI is InChI=1S/C22H20FN7O3/c1-2-32-20-15(5-3-9-24-20)19-27-21(33-28-19)18-6-4-12-29(18)22(31)16-13-14(23)7-8-17(16)30-25-10-11-26-30/h3,5,7-11,13,18H,2,4,6,12H2,1H3. The number of rotatable bonds is 6. The average molecular weight is 449 g/mol. The molecule has 3 aromatic heterocycles. The van der Waals surface area contributed by atoms with E-state index in [0.29, 0.717) is 48.4 Å². The Balaban J connectivity index is 1.46. The highest BCUT2D eigenvalue weighted by atomic mass is 19.1. The minimum atomic E-state index is -0.523. The molecule has 1 atom stereocenters. The van der Waals surface area contributed by atoms with Crippen molar-refractivity contribution in [2.45, 2.75) is 25.8 Å². The molecule has 0 spiro atoms. The third kappa shape index (κ3) is 3.93. The number of carbonyl (C=O) groups is 1. The van der Waals surface area contributed by atoms with Gasteiger partial charge in [0.2, 0.25) is 17.6 Å². The average Bonchev–Trinajstić information content (AvgIpc) is 3.60. The van der Waals surface area contributed by atoms with Gasteiger partial charge in [-0.1, -0.05) is 5.16 Å². The predicted octanol–water partition coefficient (Wildman–Crippen LogP) is 3.23. The Morgan fingerprint density at radius 3 is 2.91 bits per heavy atom. The summed E-state index contributed by atoms with van der Waals surface area (Å²) in [5, 5.41) is 12.2. The monoisotopic (exact) mass is 449 g/mol. The second-order valence-corrected chi connectivity index (χ2v) is 7.38. The predicted molar refractivity (Wildman–Crippen MR) is 113 cm³/mol. The van der Waals surface area contributed by atoms with E-state index in [-0.39, 0.29) is 11.5 Å². The lowest BCUT2D eigenvalue weighted by Gasteiger charge is -2.23. The van der Waals surface area contributed by atoms with E-state index in [1.807, 2.05) is 6.92 Å². The Morgan fingerprint density at radius 1 is 1.24 bits per heavy atom. The summed E-state index contributed by atoms with van der Waals surface area (Å²) in [6.45, 7) is 2.78. The number of ether oxygens (including phenoxy) is 1. The van der Waals surface area contributed by atoms with Gasteiger partial charge in [0, 0.05) is 12.7 Å². The molecule has 168 valence electrons. The Hall–Kier alpha value is -4.15. The maximum atomic E-state index is 14.1. The Kier molecular flexibility index (Phi) is 5.51. The number of benzene rings is 1. The molecule has 0 bridgehead atoms. The van der Waals surface area contributed by atoms with Crippen LogP contribution in [0, 0.1) is 5.82 Å². The van der Waals surface area contributed by atoms with Gasteiger partial charge in [-0.05, 0) is 50.1 Å². The number of likely N-dealkylation sites (tertiary alicyclic amines) is 1. The molecule has 1 amide bonds. The van der Waals surface area contributed by atoms with Crippen LogP contribution in [0.5, 0.6) is 5.88 Å². The first-order chi connectivity index (χ1) is 16.2. The molecule has 0 aliphatic carbocycles. The molecule has 5 rings (SSSR count). The van der Waals surface area contributed by atoms with Crippen LogP contribution in [0.3, 0.4) is 0 Å². The van der Waals surface area contributed by atoms with E-state index >= 15 is 0 Å². The Bertz CT molecular complexity index is 1270. The SMILES string of the molecule is CCOc1ncccc1-c1noc(C2CCCN2C(=O)c2cc(F)ccc2-n2nccn2)n1. The molecule has 33 heavy (non-hydrogen) atoms. The summed E-state index contributed by atoms with van der Waals surface area (Å²) < 4.78 is 25.2. The molecule has 4 heterocycles. The molecule has 10 nitrogen and oxygen atoms in total. The normalized spacial score (nSPS) is 15.7. The van der Waals surface area contributed by atoms with Crippen molar-refractivity contribution in [2.24, 2.45) is 0 Å². The third-order valence-electron chi connectivity index (χ3n) is 5.36. The summed E-state index contributed by atoms with van der Waals surface area (Å²) >= 11 is 0. The molecule has 1 aliphatic heterocycles. The van der Waals surface area contributed by atoms with Crippen LogP contribution in [0.1, 0.15) is 42.1 Å². The van der Waals surface area contributed by atoms with Crippen LogP contribution >= 0.6 is 0 Å². The van der Waals surface area contributed by atoms with E-state index in [9.17, 15) is 9.18 Å². The number of hydrogen-bond donors (Lipinski definition) is 0. The van der Waals surface area contributed by atoms with Gasteiger partial charge in [-0.3, -0.25) is 4.79 Å². The largest absolute Gasteiger partial charge is 0.477 e. The summed E-state index contributed by atoms with van der Waals surface area (Å²) in [4.78, 5) is 25.1.